The molecule has 9 heterocycles. The maximum atomic E-state index is 14.2. The van der Waals surface area contributed by atoms with E-state index in [0.29, 0.717) is 47.2 Å². The molecule has 2 bridgehead atoms. The third kappa shape index (κ3) is 11.1. The van der Waals surface area contributed by atoms with Gasteiger partial charge in [0, 0.05) is 86.8 Å². The van der Waals surface area contributed by atoms with Crippen LogP contribution in [0.25, 0.3) is 21.8 Å². The standard InChI is InChI=1S/C57H60N12O8S/c1-32(2)53(57(73)68-30-40(70)21-48(68)56(72)63-33(3)35-11-16-45(61-26-35)54-34(4)62-31-78-54)50-25-52(66-77-50)74-19-7-8-36-12-15-41(27-60-36)75-42-22-43(23-42)76-51-20-37(17-18-59-51)69-38-13-14-39(69)29-67(28-38)47-24-46(64-65-55(47)58)44-9-5-6-10-49(44)71/h5-6,9-12,15-18,20,24-27,31-33,38-40,42-43,48,53,70-71H,13-14,19,21-23,28-30H2,1-4H3,(H2,58,65)(H,63,72)/t33-,38?,39?,40+,42?,43?,48-,53+/m0/s1. The zero-order valence-corrected chi connectivity index (χ0v) is 44.4. The van der Waals surface area contributed by atoms with Crippen molar-refractivity contribution >= 4 is 40.3 Å². The molecule has 7 aromatic rings. The lowest BCUT2D eigenvalue weighted by Gasteiger charge is -2.43. The number of nitrogens with zero attached hydrogens (tertiary/aromatic N) is 10. The Bertz CT molecular complexity index is 3330. The monoisotopic (exact) mass is 1070 g/mol. The largest absolute Gasteiger partial charge is 0.507 e. The number of nitrogen functional groups attached to an aromatic ring is 1. The zero-order valence-electron chi connectivity index (χ0n) is 43.6. The number of amides is 2. The SMILES string of the molecule is Cc1ncsc1-c1ccc([C@H](C)NC(=O)[C@@H]2C[C@@H](O)CN2C(=O)[C@@H](c2cc(OCC#Cc3ccc(OC4CC(Oc5cc(N6C7CCC6CN(c6cc(-c8ccccc8O)nnc6N)C7)ccn5)C4)cn3)no2)C(C)C)cn1. The molecule has 0 radical (unpaired) electrons. The molecule has 1 aromatic carbocycles. The number of rotatable bonds is 16. The number of phenols is 1. The average Bonchev–Trinajstić information content (AvgIpc) is 4.28. The summed E-state index contributed by atoms with van der Waals surface area (Å²) in [5.74, 6) is 6.38. The van der Waals surface area contributed by atoms with Gasteiger partial charge in [-0.15, -0.1) is 21.5 Å². The number of aryl methyl sites for hydroxylation is 1. The van der Waals surface area contributed by atoms with Gasteiger partial charge in [0.2, 0.25) is 17.7 Å². The number of phenolic OH excluding ortho intramolecular Hbond substituents is 1. The van der Waals surface area contributed by atoms with Gasteiger partial charge in [-0.05, 0) is 91.7 Å². The molecule has 20 nitrogen and oxygen atoms in total. The lowest BCUT2D eigenvalue weighted by Crippen LogP contribution is -2.54. The van der Waals surface area contributed by atoms with Gasteiger partial charge in [-0.1, -0.05) is 38.0 Å². The number of nitrogens with two attached hydrogens (primary N) is 1. The number of para-hydroxylation sites is 1. The van der Waals surface area contributed by atoms with Crippen molar-refractivity contribution in [3.8, 4) is 56.9 Å². The number of fused-ring (bicyclic) bond motifs is 2. The predicted octanol–water partition coefficient (Wildman–Crippen LogP) is 6.89. The van der Waals surface area contributed by atoms with Crippen LogP contribution >= 0.6 is 11.3 Å². The quantitative estimate of drug-likeness (QED) is 0.0719. The molecule has 6 aromatic heterocycles. The van der Waals surface area contributed by atoms with Crippen LogP contribution in [-0.4, -0.2) is 125 Å². The minimum Gasteiger partial charge on any atom is -0.507 e. The molecule has 4 aliphatic rings. The van der Waals surface area contributed by atoms with E-state index in [4.69, 9.17) is 24.5 Å². The van der Waals surface area contributed by atoms with Crippen molar-refractivity contribution in [3.63, 3.8) is 0 Å². The van der Waals surface area contributed by atoms with E-state index in [1.807, 2.05) is 82.4 Å². The summed E-state index contributed by atoms with van der Waals surface area (Å²) in [7, 11) is 0. The van der Waals surface area contributed by atoms with Crippen molar-refractivity contribution in [1.82, 2.24) is 45.5 Å². The third-order valence-electron chi connectivity index (χ3n) is 14.9. The number of thiazole rings is 1. The van der Waals surface area contributed by atoms with Crippen LogP contribution in [0.15, 0.2) is 101 Å². The number of carbonyl (C=O) groups excluding carboxylic acids is 2. The Morgan fingerprint density at radius 3 is 2.42 bits per heavy atom. The zero-order chi connectivity index (χ0) is 54.0. The van der Waals surface area contributed by atoms with Crippen LogP contribution in [0.4, 0.5) is 17.2 Å². The molecule has 78 heavy (non-hydrogen) atoms. The molecule has 402 valence electrons. The number of aromatic hydroxyl groups is 1. The fraction of sp³-hybridized carbons (Fsp3) is 0.386. The molecule has 3 aliphatic heterocycles. The number of β-amino-alcohol motifs (C(OH)–C–C–N with tert-alkyl or cyclic N) is 1. The molecule has 4 fully saturated rings. The van der Waals surface area contributed by atoms with Crippen molar-refractivity contribution in [1.29, 1.82) is 0 Å². The van der Waals surface area contributed by atoms with Crippen LogP contribution < -0.4 is 35.1 Å². The highest BCUT2D eigenvalue weighted by molar-refractivity contribution is 7.13. The fourth-order valence-electron chi connectivity index (χ4n) is 10.9. The van der Waals surface area contributed by atoms with Crippen molar-refractivity contribution in [2.24, 2.45) is 5.92 Å². The van der Waals surface area contributed by atoms with E-state index in [1.54, 1.807) is 42.2 Å². The smallest absolute Gasteiger partial charge is 0.255 e. The van der Waals surface area contributed by atoms with E-state index in [2.05, 4.69) is 62.2 Å². The maximum absolute atomic E-state index is 14.2. The van der Waals surface area contributed by atoms with Crippen LogP contribution in [0, 0.1) is 24.7 Å². The molecule has 1 saturated carbocycles. The summed E-state index contributed by atoms with van der Waals surface area (Å²) in [5, 5.41) is 36.7. The number of benzene rings is 1. The molecule has 21 heteroatoms. The number of likely N-dealkylation sites (tertiary alicyclic amines) is 1. The highest BCUT2D eigenvalue weighted by Gasteiger charge is 2.44. The highest BCUT2D eigenvalue weighted by atomic mass is 32.1. The minimum absolute atomic E-state index is 0.00979. The number of carbonyl (C=O) groups is 2. The first-order valence-corrected chi connectivity index (χ1v) is 27.1. The first-order valence-electron chi connectivity index (χ1n) is 26.3. The highest BCUT2D eigenvalue weighted by Crippen LogP contribution is 2.41. The lowest BCUT2D eigenvalue weighted by atomic mass is 9.91. The van der Waals surface area contributed by atoms with Crippen LogP contribution in [0.3, 0.4) is 0 Å². The van der Waals surface area contributed by atoms with E-state index in [-0.39, 0.29) is 79.0 Å². The summed E-state index contributed by atoms with van der Waals surface area (Å²) in [6, 6.07) is 21.3. The molecule has 5 N–H and O–H groups in total. The van der Waals surface area contributed by atoms with Gasteiger partial charge in [-0.25, -0.2) is 15.0 Å². The second-order valence-corrected chi connectivity index (χ2v) is 21.5. The van der Waals surface area contributed by atoms with Crippen molar-refractivity contribution in [2.45, 2.75) is 108 Å². The van der Waals surface area contributed by atoms with Crippen molar-refractivity contribution < 1.29 is 38.5 Å². The van der Waals surface area contributed by atoms with E-state index in [1.165, 1.54) is 16.2 Å². The number of ether oxygens (including phenoxy) is 3. The summed E-state index contributed by atoms with van der Waals surface area (Å²) in [5.41, 5.74) is 14.3. The predicted molar refractivity (Wildman–Crippen MR) is 291 cm³/mol. The Morgan fingerprint density at radius 2 is 1.69 bits per heavy atom. The van der Waals surface area contributed by atoms with Gasteiger partial charge >= 0.3 is 0 Å². The van der Waals surface area contributed by atoms with Crippen LogP contribution in [0.2, 0.25) is 0 Å². The Labute approximate surface area is 455 Å². The molecular formula is C57H60N12O8S. The Morgan fingerprint density at radius 1 is 0.885 bits per heavy atom. The third-order valence-corrected chi connectivity index (χ3v) is 15.9. The van der Waals surface area contributed by atoms with Gasteiger partial charge in [-0.3, -0.25) is 14.6 Å². The number of nitrogens with one attached hydrogen (secondary N) is 1. The maximum Gasteiger partial charge on any atom is 0.255 e. The summed E-state index contributed by atoms with van der Waals surface area (Å²) < 4.78 is 24.0. The first kappa shape index (κ1) is 51.7. The van der Waals surface area contributed by atoms with Gasteiger partial charge < -0.3 is 54.7 Å². The number of aromatic nitrogens is 7. The number of piperazine rings is 1. The molecule has 1 aliphatic carbocycles. The normalized spacial score (nSPS) is 21.3. The van der Waals surface area contributed by atoms with Crippen molar-refractivity contribution in [2.75, 3.05) is 41.8 Å². The fourth-order valence-corrected chi connectivity index (χ4v) is 11.7. The van der Waals surface area contributed by atoms with Gasteiger partial charge in [0.1, 0.15) is 41.4 Å². The first-order chi connectivity index (χ1) is 37.8. The Hall–Kier alpha value is -8.35. The van der Waals surface area contributed by atoms with Crippen molar-refractivity contribution in [3.05, 3.63) is 120 Å². The topological polar surface area (TPSA) is 253 Å². The Balaban J connectivity index is 0.627. The number of hydrogen-bond donors (Lipinski definition) is 4. The summed E-state index contributed by atoms with van der Waals surface area (Å²) in [6.45, 7) is 9.09. The molecule has 2 amide bonds. The molecule has 11 rings (SSSR count). The van der Waals surface area contributed by atoms with Gasteiger partial charge in [-0.2, -0.15) is 0 Å². The second kappa shape index (κ2) is 22.3. The van der Waals surface area contributed by atoms with Crippen LogP contribution in [0.1, 0.15) is 87.5 Å². The number of pyridine rings is 3. The lowest BCUT2D eigenvalue weighted by molar-refractivity contribution is -0.141. The molecule has 0 spiro atoms. The average molecular weight is 1070 g/mol. The van der Waals surface area contributed by atoms with Gasteiger partial charge in [0.25, 0.3) is 5.88 Å². The number of anilines is 3. The molecule has 3 saturated heterocycles. The molecule has 6 atom stereocenters. The van der Waals surface area contributed by atoms with Gasteiger partial charge in [0.05, 0.1) is 51.5 Å². The summed E-state index contributed by atoms with van der Waals surface area (Å²) in [4.78, 5) is 53.0. The number of aliphatic hydroxyl groups excluding tert-OH is 1. The van der Waals surface area contributed by atoms with E-state index in [0.717, 1.165) is 59.1 Å². The summed E-state index contributed by atoms with van der Waals surface area (Å²) >= 11 is 1.52. The number of aliphatic hydroxyl groups is 1. The van der Waals surface area contributed by atoms with Crippen LogP contribution in [-0.2, 0) is 9.59 Å². The van der Waals surface area contributed by atoms with E-state index in [9.17, 15) is 19.8 Å². The Kier molecular flexibility index (Phi) is 14.8. The van der Waals surface area contributed by atoms with Crippen LogP contribution in [0.5, 0.6) is 23.3 Å². The second-order valence-electron chi connectivity index (χ2n) is 20.6. The van der Waals surface area contributed by atoms with E-state index >= 15 is 0 Å². The summed E-state index contributed by atoms with van der Waals surface area (Å²) in [6.07, 6.45) is 7.86. The van der Waals surface area contributed by atoms with Gasteiger partial charge in [0.15, 0.2) is 18.2 Å². The van der Waals surface area contributed by atoms with E-state index < -0.39 is 24.1 Å². The molecular weight excluding hydrogens is 1010 g/mol. The minimum atomic E-state index is -0.880. The molecule has 2 unspecified atom stereocenters. The number of hydrogen-bond acceptors (Lipinski definition) is 19.